The highest BCUT2D eigenvalue weighted by atomic mass is 16.5. The van der Waals surface area contributed by atoms with E-state index in [2.05, 4.69) is 4.90 Å². The summed E-state index contributed by atoms with van der Waals surface area (Å²) in [7, 11) is 5.58. The zero-order valence-corrected chi connectivity index (χ0v) is 13.5. The second kappa shape index (κ2) is 7.11. The molecule has 0 amide bonds. The summed E-state index contributed by atoms with van der Waals surface area (Å²) in [6, 6.07) is 7.59. The number of benzene rings is 1. The third-order valence-electron chi connectivity index (χ3n) is 4.47. The van der Waals surface area contributed by atoms with E-state index in [0.717, 1.165) is 17.9 Å². The van der Waals surface area contributed by atoms with Crippen LogP contribution in [-0.2, 0) is 15.1 Å². The van der Waals surface area contributed by atoms with Crippen molar-refractivity contribution in [1.29, 1.82) is 0 Å². The molecule has 1 aliphatic carbocycles. The van der Waals surface area contributed by atoms with Gasteiger partial charge in [-0.05, 0) is 51.1 Å². The predicted octanol–water partition coefficient (Wildman–Crippen LogP) is 1.79. The van der Waals surface area contributed by atoms with E-state index in [1.54, 1.807) is 7.11 Å². The first-order chi connectivity index (χ1) is 10.5. The van der Waals surface area contributed by atoms with Crippen LogP contribution in [0.5, 0.6) is 5.75 Å². The molecule has 1 N–H and O–H groups in total. The van der Waals surface area contributed by atoms with Gasteiger partial charge in [-0.15, -0.1) is 0 Å². The average molecular weight is 307 g/mol. The van der Waals surface area contributed by atoms with Crippen LogP contribution in [0.4, 0.5) is 0 Å². The third kappa shape index (κ3) is 3.59. The van der Waals surface area contributed by atoms with Crippen LogP contribution in [0.25, 0.3) is 0 Å². The van der Waals surface area contributed by atoms with E-state index in [9.17, 15) is 9.90 Å². The number of hydrogen-bond acceptors (Lipinski definition) is 5. The Hall–Kier alpha value is -1.59. The van der Waals surface area contributed by atoms with Crippen LogP contribution < -0.4 is 4.74 Å². The lowest BCUT2D eigenvalue weighted by molar-refractivity contribution is -0.144. The molecule has 0 bridgehead atoms. The van der Waals surface area contributed by atoms with Gasteiger partial charge in [-0.1, -0.05) is 12.1 Å². The average Bonchev–Trinajstić information content (AvgIpc) is 2.50. The zero-order chi connectivity index (χ0) is 16.2. The lowest BCUT2D eigenvalue weighted by Gasteiger charge is -2.44. The highest BCUT2D eigenvalue weighted by molar-refractivity contribution is 5.38. The molecular weight excluding hydrogens is 282 g/mol. The van der Waals surface area contributed by atoms with Gasteiger partial charge in [0.05, 0.1) is 12.7 Å². The Balaban J connectivity index is 2.29. The summed E-state index contributed by atoms with van der Waals surface area (Å²) in [5, 5.41) is 11.3. The van der Waals surface area contributed by atoms with Gasteiger partial charge in [-0.25, -0.2) is 0 Å². The number of carbonyl (C=O) groups is 1. The fraction of sp³-hybridized carbons (Fsp3) is 0.588. The molecule has 1 aromatic rings. The van der Waals surface area contributed by atoms with E-state index in [-0.39, 0.29) is 12.0 Å². The van der Waals surface area contributed by atoms with Gasteiger partial charge in [0.25, 0.3) is 6.47 Å². The molecule has 1 aromatic carbocycles. The van der Waals surface area contributed by atoms with Crippen LogP contribution in [0.2, 0.25) is 0 Å². The molecule has 0 aliphatic heterocycles. The summed E-state index contributed by atoms with van der Waals surface area (Å²) in [5.41, 5.74) is -0.0649. The van der Waals surface area contributed by atoms with Crippen molar-refractivity contribution < 1.29 is 19.4 Å². The molecule has 5 heteroatoms. The second-order valence-electron chi connectivity index (χ2n) is 6.24. The fourth-order valence-corrected chi connectivity index (χ4v) is 3.36. The van der Waals surface area contributed by atoms with Crippen LogP contribution in [0.1, 0.15) is 24.8 Å². The van der Waals surface area contributed by atoms with Gasteiger partial charge in [0, 0.05) is 12.5 Å². The minimum absolute atomic E-state index is 0.00620. The number of carbonyl (C=O) groups excluding carboxylic acids is 1. The first-order valence-corrected chi connectivity index (χ1v) is 7.60. The van der Waals surface area contributed by atoms with Crippen molar-refractivity contribution in [3.8, 4) is 5.75 Å². The number of ether oxygens (including phenoxy) is 2. The first kappa shape index (κ1) is 16.8. The minimum Gasteiger partial charge on any atom is -0.497 e. The molecule has 1 saturated carbocycles. The van der Waals surface area contributed by atoms with Gasteiger partial charge in [0.1, 0.15) is 11.9 Å². The lowest BCUT2D eigenvalue weighted by Crippen LogP contribution is -2.46. The summed E-state index contributed by atoms with van der Waals surface area (Å²) >= 11 is 0. The summed E-state index contributed by atoms with van der Waals surface area (Å²) in [5.74, 6) is 0.731. The maximum atomic E-state index is 11.3. The van der Waals surface area contributed by atoms with Gasteiger partial charge in [0.15, 0.2) is 0 Å². The van der Waals surface area contributed by atoms with E-state index >= 15 is 0 Å². The van der Waals surface area contributed by atoms with E-state index in [1.807, 2.05) is 38.4 Å². The van der Waals surface area contributed by atoms with Crippen molar-refractivity contribution in [2.45, 2.75) is 31.0 Å². The molecule has 122 valence electrons. The summed E-state index contributed by atoms with van der Waals surface area (Å²) < 4.78 is 10.4. The molecule has 0 heterocycles. The van der Waals surface area contributed by atoms with E-state index in [1.165, 1.54) is 0 Å². The molecule has 1 aliphatic rings. The summed E-state index contributed by atoms with van der Waals surface area (Å²) in [6.07, 6.45) is 1.77. The molecule has 3 unspecified atom stereocenters. The van der Waals surface area contributed by atoms with Crippen molar-refractivity contribution in [3.05, 3.63) is 29.8 Å². The highest BCUT2D eigenvalue weighted by Crippen LogP contribution is 2.43. The standard InChI is InChI=1S/C17H25NO4/c1-18(2)11-14-10-16(22-12-19)7-8-17(14,20)13-5-4-6-15(9-13)21-3/h4-6,9,12,14,16,20H,7-8,10-11H2,1-3H3. The van der Waals surface area contributed by atoms with Crippen LogP contribution >= 0.6 is 0 Å². The Kier molecular flexibility index (Phi) is 5.42. The maximum Gasteiger partial charge on any atom is 0.293 e. The molecule has 0 saturated heterocycles. The molecule has 0 aromatic heterocycles. The topological polar surface area (TPSA) is 59.0 Å². The van der Waals surface area contributed by atoms with E-state index in [4.69, 9.17) is 9.47 Å². The molecule has 0 radical (unpaired) electrons. The van der Waals surface area contributed by atoms with Crippen molar-refractivity contribution >= 4 is 6.47 Å². The van der Waals surface area contributed by atoms with Crippen molar-refractivity contribution in [2.75, 3.05) is 27.7 Å². The monoisotopic (exact) mass is 307 g/mol. The summed E-state index contributed by atoms with van der Waals surface area (Å²) in [6.45, 7) is 1.24. The Morgan fingerprint density at radius 2 is 2.23 bits per heavy atom. The van der Waals surface area contributed by atoms with Gasteiger partial charge in [0.2, 0.25) is 0 Å². The SMILES string of the molecule is COc1cccc(C2(O)CCC(OC=O)CC2CN(C)C)c1. The second-order valence-corrected chi connectivity index (χ2v) is 6.24. The predicted molar refractivity (Wildman–Crippen MR) is 83.7 cm³/mol. The van der Waals surface area contributed by atoms with Crippen molar-refractivity contribution in [3.63, 3.8) is 0 Å². The maximum absolute atomic E-state index is 11.3. The fourth-order valence-electron chi connectivity index (χ4n) is 3.36. The normalized spacial score (nSPS) is 28.4. The zero-order valence-electron chi connectivity index (χ0n) is 13.5. The van der Waals surface area contributed by atoms with Gasteiger partial charge < -0.3 is 19.5 Å². The highest BCUT2D eigenvalue weighted by Gasteiger charge is 2.44. The Morgan fingerprint density at radius 1 is 1.45 bits per heavy atom. The largest absolute Gasteiger partial charge is 0.497 e. The van der Waals surface area contributed by atoms with E-state index < -0.39 is 5.60 Å². The smallest absolute Gasteiger partial charge is 0.293 e. The molecular formula is C17H25NO4. The van der Waals surface area contributed by atoms with E-state index in [0.29, 0.717) is 25.7 Å². The van der Waals surface area contributed by atoms with Gasteiger partial charge in [-0.2, -0.15) is 0 Å². The van der Waals surface area contributed by atoms with Crippen molar-refractivity contribution in [1.82, 2.24) is 4.90 Å². The van der Waals surface area contributed by atoms with Crippen LogP contribution in [-0.4, -0.2) is 50.3 Å². The minimum atomic E-state index is -0.929. The van der Waals surface area contributed by atoms with Crippen LogP contribution in [0.15, 0.2) is 24.3 Å². The Labute approximate surface area is 131 Å². The molecule has 22 heavy (non-hydrogen) atoms. The quantitative estimate of drug-likeness (QED) is 0.812. The van der Waals surface area contributed by atoms with Gasteiger partial charge in [-0.3, -0.25) is 4.79 Å². The van der Waals surface area contributed by atoms with Crippen LogP contribution in [0, 0.1) is 5.92 Å². The number of nitrogens with zero attached hydrogens (tertiary/aromatic N) is 1. The van der Waals surface area contributed by atoms with Crippen LogP contribution in [0.3, 0.4) is 0 Å². The lowest BCUT2D eigenvalue weighted by atomic mass is 9.70. The molecule has 1 fully saturated rings. The molecule has 0 spiro atoms. The third-order valence-corrected chi connectivity index (χ3v) is 4.47. The number of rotatable bonds is 6. The van der Waals surface area contributed by atoms with Gasteiger partial charge >= 0.3 is 0 Å². The number of methoxy groups -OCH3 is 1. The first-order valence-electron chi connectivity index (χ1n) is 7.60. The Morgan fingerprint density at radius 3 is 2.86 bits per heavy atom. The Bertz CT molecular complexity index is 505. The molecule has 5 nitrogen and oxygen atoms in total. The van der Waals surface area contributed by atoms with Crippen molar-refractivity contribution in [2.24, 2.45) is 5.92 Å². The number of aliphatic hydroxyl groups is 1. The number of hydrogen-bond donors (Lipinski definition) is 1. The summed E-state index contributed by atoms with van der Waals surface area (Å²) in [4.78, 5) is 12.7. The molecule has 2 rings (SSSR count). The molecule has 3 atom stereocenters.